The van der Waals surface area contributed by atoms with Gasteiger partial charge in [-0.3, -0.25) is 0 Å². The van der Waals surface area contributed by atoms with Crippen LogP contribution in [0.2, 0.25) is 10.0 Å². The molecule has 1 aliphatic heterocycles. The van der Waals surface area contributed by atoms with E-state index in [-0.39, 0.29) is 18.5 Å². The van der Waals surface area contributed by atoms with Crippen LogP contribution in [0.4, 0.5) is 0 Å². The summed E-state index contributed by atoms with van der Waals surface area (Å²) >= 11 is 12.3. The highest BCUT2D eigenvalue weighted by Crippen LogP contribution is 2.41. The van der Waals surface area contributed by atoms with E-state index in [4.69, 9.17) is 33.7 Å². The molecule has 0 aliphatic carbocycles. The monoisotopic (exact) mass is 357 g/mol. The van der Waals surface area contributed by atoms with Gasteiger partial charge < -0.3 is 10.5 Å². The van der Waals surface area contributed by atoms with E-state index in [0.717, 1.165) is 36.1 Å². The highest BCUT2D eigenvalue weighted by Gasteiger charge is 2.22. The molecular weight excluding hydrogens is 341 g/mol. The normalized spacial score (nSPS) is 16.4. The second-order valence-corrected chi connectivity index (χ2v) is 6.12. The van der Waals surface area contributed by atoms with E-state index in [1.165, 1.54) is 5.56 Å². The van der Waals surface area contributed by atoms with Crippen LogP contribution in [0.3, 0.4) is 0 Å². The minimum atomic E-state index is 0. The molecule has 0 unspecified atom stereocenters. The highest BCUT2D eigenvalue weighted by molar-refractivity contribution is 6.36. The van der Waals surface area contributed by atoms with Gasteiger partial charge in [-0.15, -0.1) is 12.4 Å². The number of hydrogen-bond donors (Lipinski definition) is 1. The fourth-order valence-corrected chi connectivity index (χ4v) is 3.28. The molecule has 0 fully saturated rings. The predicted octanol–water partition coefficient (Wildman–Crippen LogP) is 5.12. The summed E-state index contributed by atoms with van der Waals surface area (Å²) in [7, 11) is 0. The topological polar surface area (TPSA) is 35.2 Å². The number of fused-ring (bicyclic) bond motifs is 1. The van der Waals surface area contributed by atoms with Crippen molar-refractivity contribution >= 4 is 35.6 Å². The fourth-order valence-electron chi connectivity index (χ4n) is 2.77. The maximum atomic E-state index is 6.34. The van der Waals surface area contributed by atoms with E-state index in [1.807, 2.05) is 24.3 Å². The number of halogens is 3. The largest absolute Gasteiger partial charge is 0.489 e. The van der Waals surface area contributed by atoms with E-state index in [0.29, 0.717) is 16.6 Å². The summed E-state index contributed by atoms with van der Waals surface area (Å²) in [6.07, 6.45) is 3.10. The molecule has 1 atom stereocenters. The molecule has 0 aromatic heterocycles. The van der Waals surface area contributed by atoms with Crippen LogP contribution in [0.1, 0.15) is 18.4 Å². The van der Waals surface area contributed by atoms with Crippen LogP contribution in [-0.4, -0.2) is 12.6 Å². The molecule has 1 aliphatic rings. The molecule has 0 saturated carbocycles. The molecule has 118 valence electrons. The van der Waals surface area contributed by atoms with Crippen molar-refractivity contribution < 1.29 is 4.74 Å². The van der Waals surface area contributed by atoms with Gasteiger partial charge in [0.25, 0.3) is 0 Å². The maximum absolute atomic E-state index is 6.34. The van der Waals surface area contributed by atoms with Gasteiger partial charge in [-0.25, -0.2) is 0 Å². The van der Waals surface area contributed by atoms with Gasteiger partial charge >= 0.3 is 0 Å². The lowest BCUT2D eigenvalue weighted by atomic mass is 9.95. The summed E-state index contributed by atoms with van der Waals surface area (Å²) in [5.74, 6) is 0.937. The van der Waals surface area contributed by atoms with Crippen molar-refractivity contribution in [3.05, 3.63) is 52.0 Å². The number of hydrogen-bond acceptors (Lipinski definition) is 2. The van der Waals surface area contributed by atoms with Gasteiger partial charge in [0, 0.05) is 16.1 Å². The van der Waals surface area contributed by atoms with Crippen LogP contribution < -0.4 is 10.5 Å². The molecule has 0 saturated heterocycles. The lowest BCUT2D eigenvalue weighted by Gasteiger charge is -2.28. The molecule has 0 bridgehead atoms. The molecule has 1 heterocycles. The fraction of sp³-hybridized carbons (Fsp3) is 0.294. The Bertz CT molecular complexity index is 660. The first-order valence-corrected chi connectivity index (χ1v) is 7.88. The summed E-state index contributed by atoms with van der Waals surface area (Å²) in [5.41, 5.74) is 8.86. The van der Waals surface area contributed by atoms with Gasteiger partial charge in [-0.05, 0) is 43.5 Å². The Labute approximate surface area is 147 Å². The zero-order valence-corrected chi connectivity index (χ0v) is 14.3. The molecule has 5 heteroatoms. The third-order valence-corrected chi connectivity index (χ3v) is 4.37. The molecule has 0 amide bonds. The second-order valence-electron chi connectivity index (χ2n) is 5.27. The van der Waals surface area contributed by atoms with Gasteiger partial charge in [0.2, 0.25) is 0 Å². The summed E-state index contributed by atoms with van der Waals surface area (Å²) in [6, 6.07) is 11.8. The lowest BCUT2D eigenvalue weighted by molar-refractivity contribution is 0.167. The van der Waals surface area contributed by atoms with Crippen molar-refractivity contribution in [1.29, 1.82) is 0 Å². The summed E-state index contributed by atoms with van der Waals surface area (Å²) < 4.78 is 6.17. The highest BCUT2D eigenvalue weighted by atomic mass is 35.5. The zero-order valence-electron chi connectivity index (χ0n) is 12.0. The van der Waals surface area contributed by atoms with Crippen molar-refractivity contribution in [1.82, 2.24) is 0 Å². The van der Waals surface area contributed by atoms with Gasteiger partial charge in [0.1, 0.15) is 11.9 Å². The smallest absolute Gasteiger partial charge is 0.130 e. The summed E-state index contributed by atoms with van der Waals surface area (Å²) in [5, 5.41) is 1.27. The number of nitrogens with two attached hydrogens (primary N) is 1. The molecule has 2 N–H and O–H groups in total. The summed E-state index contributed by atoms with van der Waals surface area (Å²) in [4.78, 5) is 0. The quantitative estimate of drug-likeness (QED) is 0.826. The van der Waals surface area contributed by atoms with Crippen molar-refractivity contribution in [2.45, 2.75) is 25.4 Å². The number of ether oxygens (including phenoxy) is 1. The Morgan fingerprint density at radius 3 is 2.68 bits per heavy atom. The Balaban J connectivity index is 0.00000176. The second kappa shape index (κ2) is 7.56. The Kier molecular flexibility index (Phi) is 5.99. The first-order chi connectivity index (χ1) is 10.2. The van der Waals surface area contributed by atoms with E-state index in [1.54, 1.807) is 6.07 Å². The van der Waals surface area contributed by atoms with E-state index in [9.17, 15) is 0 Å². The third kappa shape index (κ3) is 3.52. The van der Waals surface area contributed by atoms with Crippen molar-refractivity contribution in [3.8, 4) is 16.9 Å². The zero-order chi connectivity index (χ0) is 14.8. The molecule has 2 aromatic carbocycles. The minimum Gasteiger partial charge on any atom is -0.489 e. The van der Waals surface area contributed by atoms with E-state index < -0.39 is 0 Å². The number of rotatable bonds is 3. The van der Waals surface area contributed by atoms with E-state index in [2.05, 4.69) is 6.07 Å². The average Bonchev–Trinajstić information content (AvgIpc) is 2.47. The maximum Gasteiger partial charge on any atom is 0.130 e. The van der Waals surface area contributed by atoms with Gasteiger partial charge in [-0.1, -0.05) is 47.5 Å². The van der Waals surface area contributed by atoms with Crippen molar-refractivity contribution in [2.75, 3.05) is 6.54 Å². The standard InChI is InChI=1S/C17H17Cl2NO.ClH/c18-12-5-7-14(16(19)10-12)15-3-1-2-11-4-6-13(8-9-20)21-17(11)15;/h1-3,5,7,10,13H,4,6,8-9,20H2;1H/t13-;/m1./s1. The van der Waals surface area contributed by atoms with Gasteiger partial charge in [-0.2, -0.15) is 0 Å². The first kappa shape index (κ1) is 17.4. The molecule has 2 nitrogen and oxygen atoms in total. The third-order valence-electron chi connectivity index (χ3n) is 3.83. The summed E-state index contributed by atoms with van der Waals surface area (Å²) in [6.45, 7) is 0.643. The van der Waals surface area contributed by atoms with Crippen LogP contribution in [0.25, 0.3) is 11.1 Å². The van der Waals surface area contributed by atoms with Crippen LogP contribution in [-0.2, 0) is 6.42 Å². The lowest BCUT2D eigenvalue weighted by Crippen LogP contribution is -2.25. The molecular formula is C17H18Cl3NO. The van der Waals surface area contributed by atoms with Crippen LogP contribution in [0, 0.1) is 0 Å². The number of benzene rings is 2. The average molecular weight is 359 g/mol. The molecule has 0 radical (unpaired) electrons. The molecule has 22 heavy (non-hydrogen) atoms. The van der Waals surface area contributed by atoms with Crippen LogP contribution in [0.15, 0.2) is 36.4 Å². The molecule has 0 spiro atoms. The molecule has 2 aromatic rings. The number of aryl methyl sites for hydroxylation is 1. The van der Waals surface area contributed by atoms with Crippen molar-refractivity contribution in [3.63, 3.8) is 0 Å². The molecule has 3 rings (SSSR count). The van der Waals surface area contributed by atoms with E-state index >= 15 is 0 Å². The van der Waals surface area contributed by atoms with Crippen LogP contribution >= 0.6 is 35.6 Å². The Hall–Kier alpha value is -0.930. The first-order valence-electron chi connectivity index (χ1n) is 7.13. The number of para-hydroxylation sites is 1. The predicted molar refractivity (Wildman–Crippen MR) is 95.6 cm³/mol. The Morgan fingerprint density at radius 2 is 1.95 bits per heavy atom. The van der Waals surface area contributed by atoms with Gasteiger partial charge in [0.15, 0.2) is 0 Å². The van der Waals surface area contributed by atoms with Crippen molar-refractivity contribution in [2.24, 2.45) is 5.73 Å². The van der Waals surface area contributed by atoms with Gasteiger partial charge in [0.05, 0.1) is 5.02 Å². The SMILES string of the molecule is Cl.NCC[C@H]1CCc2cccc(-c3ccc(Cl)cc3Cl)c2O1. The van der Waals surface area contributed by atoms with Crippen LogP contribution in [0.5, 0.6) is 5.75 Å². The minimum absolute atomic E-state index is 0. The Morgan fingerprint density at radius 1 is 1.14 bits per heavy atom.